The summed E-state index contributed by atoms with van der Waals surface area (Å²) in [5.74, 6) is -1.13. The van der Waals surface area contributed by atoms with Crippen molar-refractivity contribution in [3.8, 4) is 0 Å². The summed E-state index contributed by atoms with van der Waals surface area (Å²) in [6.45, 7) is 1.75. The Morgan fingerprint density at radius 1 is 1.35 bits per heavy atom. The fraction of sp³-hybridized carbons (Fsp3) is 0.333. The van der Waals surface area contributed by atoms with Crippen LogP contribution in [0.4, 0.5) is 0 Å². The molecule has 0 fully saturated rings. The number of hydrogen-bond acceptors (Lipinski definition) is 5. The number of aromatic nitrogens is 3. The molecule has 0 spiro atoms. The van der Waals surface area contributed by atoms with E-state index >= 15 is 0 Å². The van der Waals surface area contributed by atoms with Gasteiger partial charge in [0.25, 0.3) is 5.56 Å². The van der Waals surface area contributed by atoms with Gasteiger partial charge in [-0.05, 0) is 12.5 Å². The highest BCUT2D eigenvalue weighted by molar-refractivity contribution is 8.00. The third kappa shape index (κ3) is 2.22. The molecule has 20 heavy (non-hydrogen) atoms. The molecule has 0 aliphatic carbocycles. The van der Waals surface area contributed by atoms with E-state index < -0.39 is 17.2 Å². The molecule has 106 valence electrons. The van der Waals surface area contributed by atoms with Crippen LogP contribution in [0.25, 0.3) is 11.0 Å². The first kappa shape index (κ1) is 14.3. The molecule has 0 aliphatic heterocycles. The Bertz CT molecular complexity index is 822. The van der Waals surface area contributed by atoms with Gasteiger partial charge in [-0.15, -0.1) is 11.8 Å². The van der Waals surface area contributed by atoms with Gasteiger partial charge < -0.3 is 5.11 Å². The summed E-state index contributed by atoms with van der Waals surface area (Å²) >= 11 is 1.05. The molecule has 0 amide bonds. The maximum Gasteiger partial charge on any atom is 0.332 e. The fourth-order valence-corrected chi connectivity index (χ4v) is 2.79. The lowest BCUT2D eigenvalue weighted by atomic mass is 10.2. The van der Waals surface area contributed by atoms with Crippen LogP contribution in [0.15, 0.2) is 20.7 Å². The average molecular weight is 295 g/mol. The Morgan fingerprint density at radius 3 is 2.60 bits per heavy atom. The summed E-state index contributed by atoms with van der Waals surface area (Å²) in [6, 6.07) is 0. The van der Waals surface area contributed by atoms with Crippen molar-refractivity contribution < 1.29 is 9.90 Å². The van der Waals surface area contributed by atoms with E-state index in [0.29, 0.717) is 10.5 Å². The number of carboxylic acids is 1. The molecule has 2 aromatic heterocycles. The number of aliphatic carboxylic acids is 1. The number of rotatable bonds is 3. The molecule has 0 bridgehead atoms. The van der Waals surface area contributed by atoms with Crippen molar-refractivity contribution in [1.82, 2.24) is 14.1 Å². The zero-order valence-corrected chi connectivity index (χ0v) is 12.0. The summed E-state index contributed by atoms with van der Waals surface area (Å²) in [4.78, 5) is 39.5. The fourth-order valence-electron chi connectivity index (χ4n) is 1.92. The summed E-state index contributed by atoms with van der Waals surface area (Å²) in [5, 5.41) is 9.06. The first-order valence-corrected chi connectivity index (χ1v) is 6.73. The number of nitrogens with zero attached hydrogens (tertiary/aromatic N) is 3. The van der Waals surface area contributed by atoms with Gasteiger partial charge in [0, 0.05) is 25.2 Å². The molecule has 2 rings (SSSR count). The first-order chi connectivity index (χ1) is 9.34. The van der Waals surface area contributed by atoms with Crippen LogP contribution in [0.3, 0.4) is 0 Å². The highest BCUT2D eigenvalue weighted by atomic mass is 32.2. The number of pyridine rings is 1. The van der Waals surface area contributed by atoms with Gasteiger partial charge in [0.15, 0.2) is 0 Å². The lowest BCUT2D eigenvalue weighted by Gasteiger charge is -2.11. The van der Waals surface area contributed by atoms with Crippen LogP contribution in [0.5, 0.6) is 0 Å². The minimum absolute atomic E-state index is 0.161. The van der Waals surface area contributed by atoms with Gasteiger partial charge in [-0.25, -0.2) is 9.78 Å². The molecule has 2 aromatic rings. The summed E-state index contributed by atoms with van der Waals surface area (Å²) in [7, 11) is 2.91. The van der Waals surface area contributed by atoms with Crippen LogP contribution in [0.2, 0.25) is 0 Å². The van der Waals surface area contributed by atoms with Crippen LogP contribution >= 0.6 is 11.8 Å². The lowest BCUT2D eigenvalue weighted by molar-refractivity contribution is -0.133. The molecule has 0 saturated carbocycles. The van der Waals surface area contributed by atoms with Gasteiger partial charge >= 0.3 is 11.7 Å². The first-order valence-electron chi connectivity index (χ1n) is 5.74. The van der Waals surface area contributed by atoms with E-state index in [4.69, 9.17) is 5.11 Å². The van der Waals surface area contributed by atoms with Crippen LogP contribution < -0.4 is 11.2 Å². The Kier molecular flexibility index (Phi) is 3.67. The molecule has 0 radical (unpaired) electrons. The lowest BCUT2D eigenvalue weighted by Crippen LogP contribution is -2.37. The van der Waals surface area contributed by atoms with Crippen LogP contribution in [-0.2, 0) is 18.9 Å². The topological polar surface area (TPSA) is 94.2 Å². The Labute approximate surface area is 117 Å². The molecular formula is C12H13N3O4S. The molecule has 0 unspecified atom stereocenters. The van der Waals surface area contributed by atoms with Gasteiger partial charge in [-0.2, -0.15) is 0 Å². The maximum atomic E-state index is 12.3. The second kappa shape index (κ2) is 5.12. The van der Waals surface area contributed by atoms with Crippen molar-refractivity contribution in [2.45, 2.75) is 11.8 Å². The van der Waals surface area contributed by atoms with Gasteiger partial charge in [0.2, 0.25) is 0 Å². The van der Waals surface area contributed by atoms with Crippen molar-refractivity contribution in [1.29, 1.82) is 0 Å². The molecule has 2 heterocycles. The Hall–Kier alpha value is -2.09. The molecule has 7 nitrogen and oxygen atoms in total. The second-order valence-corrected chi connectivity index (χ2v) is 5.34. The molecule has 0 atom stereocenters. The SMILES string of the molecule is Cc1cnc2c(c1SCC(=O)O)c(=O)n(C)c(=O)n2C. The molecule has 1 N–H and O–H groups in total. The molecule has 0 saturated heterocycles. The minimum Gasteiger partial charge on any atom is -0.481 e. The predicted octanol–water partition coefficient (Wildman–Crippen LogP) is 0.117. The Balaban J connectivity index is 2.87. The van der Waals surface area contributed by atoms with Gasteiger partial charge in [-0.3, -0.25) is 18.7 Å². The number of aryl methyl sites for hydroxylation is 2. The van der Waals surface area contributed by atoms with Crippen LogP contribution in [0, 0.1) is 6.92 Å². The molecular weight excluding hydrogens is 282 g/mol. The van der Waals surface area contributed by atoms with Crippen molar-refractivity contribution >= 4 is 28.8 Å². The highest BCUT2D eigenvalue weighted by Crippen LogP contribution is 2.27. The van der Waals surface area contributed by atoms with Crippen molar-refractivity contribution in [3.05, 3.63) is 32.6 Å². The van der Waals surface area contributed by atoms with Crippen LogP contribution in [0.1, 0.15) is 5.56 Å². The van der Waals surface area contributed by atoms with Gasteiger partial charge in [0.05, 0.1) is 11.1 Å². The summed E-state index contributed by atoms with van der Waals surface area (Å²) in [5.41, 5.74) is 0.0383. The van der Waals surface area contributed by atoms with Crippen LogP contribution in [-0.4, -0.2) is 30.9 Å². The van der Waals surface area contributed by atoms with Crippen molar-refractivity contribution in [2.24, 2.45) is 14.1 Å². The van der Waals surface area contributed by atoms with E-state index in [-0.39, 0.29) is 16.8 Å². The van der Waals surface area contributed by atoms with Crippen molar-refractivity contribution in [2.75, 3.05) is 5.75 Å². The highest BCUT2D eigenvalue weighted by Gasteiger charge is 2.16. The quantitative estimate of drug-likeness (QED) is 0.808. The molecule has 0 aliphatic rings. The molecule has 0 aromatic carbocycles. The normalized spacial score (nSPS) is 10.9. The third-order valence-electron chi connectivity index (χ3n) is 2.94. The minimum atomic E-state index is -0.971. The number of fused-ring (bicyclic) bond motifs is 1. The van der Waals surface area contributed by atoms with E-state index in [9.17, 15) is 14.4 Å². The zero-order valence-electron chi connectivity index (χ0n) is 11.2. The standard InChI is InChI=1S/C12H13N3O4S/c1-6-4-13-10-8(9(6)20-5-7(16)17)11(18)15(3)12(19)14(10)2/h4H,5H2,1-3H3,(H,16,17). The van der Waals surface area contributed by atoms with Crippen molar-refractivity contribution in [3.63, 3.8) is 0 Å². The average Bonchev–Trinajstić information content (AvgIpc) is 2.40. The van der Waals surface area contributed by atoms with E-state index in [1.807, 2.05) is 0 Å². The largest absolute Gasteiger partial charge is 0.481 e. The van der Waals surface area contributed by atoms with E-state index in [0.717, 1.165) is 16.3 Å². The predicted molar refractivity (Wildman–Crippen MR) is 75.3 cm³/mol. The van der Waals surface area contributed by atoms with E-state index in [1.54, 1.807) is 6.92 Å². The molecule has 8 heteroatoms. The van der Waals surface area contributed by atoms with E-state index in [2.05, 4.69) is 4.98 Å². The van der Waals surface area contributed by atoms with E-state index in [1.165, 1.54) is 24.9 Å². The smallest absolute Gasteiger partial charge is 0.332 e. The number of thioether (sulfide) groups is 1. The summed E-state index contributed by atoms with van der Waals surface area (Å²) < 4.78 is 2.27. The zero-order chi connectivity index (χ0) is 15.0. The second-order valence-electron chi connectivity index (χ2n) is 4.36. The number of carbonyl (C=O) groups is 1. The summed E-state index contributed by atoms with van der Waals surface area (Å²) in [6.07, 6.45) is 1.53. The van der Waals surface area contributed by atoms with Gasteiger partial charge in [-0.1, -0.05) is 0 Å². The Morgan fingerprint density at radius 2 is 2.00 bits per heavy atom. The monoisotopic (exact) mass is 295 g/mol. The van der Waals surface area contributed by atoms with Gasteiger partial charge in [0.1, 0.15) is 5.65 Å². The maximum absolute atomic E-state index is 12.3. The third-order valence-corrected chi connectivity index (χ3v) is 4.15. The number of carboxylic acid groups (broad SMARTS) is 1. The number of hydrogen-bond donors (Lipinski definition) is 1.